The van der Waals surface area contributed by atoms with Crippen molar-refractivity contribution in [2.75, 3.05) is 0 Å². The molecule has 0 saturated heterocycles. The van der Waals surface area contributed by atoms with E-state index in [9.17, 15) is 0 Å². The Morgan fingerprint density at radius 1 is 1.20 bits per heavy atom. The van der Waals surface area contributed by atoms with Crippen molar-refractivity contribution in [1.82, 2.24) is 0 Å². The fraction of sp³-hybridized carbons (Fsp3) is 0.571. The first-order valence-corrected chi connectivity index (χ1v) is 6.87. The molecular weight excluding hydrogens is 248 g/mol. The summed E-state index contributed by atoms with van der Waals surface area (Å²) in [6, 6.07) is 7.03. The molecule has 82 valence electrons. The van der Waals surface area contributed by atoms with Crippen LogP contribution >= 0.6 is 15.9 Å². The Balaban J connectivity index is 2.45. The van der Waals surface area contributed by atoms with Crippen molar-refractivity contribution in [3.05, 3.63) is 34.9 Å². The van der Waals surface area contributed by atoms with Crippen molar-refractivity contribution in [1.29, 1.82) is 0 Å². The minimum atomic E-state index is 0.559. The van der Waals surface area contributed by atoms with Crippen molar-refractivity contribution in [3.63, 3.8) is 0 Å². The summed E-state index contributed by atoms with van der Waals surface area (Å²) in [5.41, 5.74) is 4.57. The van der Waals surface area contributed by atoms with Gasteiger partial charge in [-0.25, -0.2) is 0 Å². The van der Waals surface area contributed by atoms with Gasteiger partial charge >= 0.3 is 0 Å². The summed E-state index contributed by atoms with van der Waals surface area (Å²) in [5.74, 6) is 1.48. The molecule has 0 fully saturated rings. The Morgan fingerprint density at radius 2 is 1.93 bits per heavy atom. The van der Waals surface area contributed by atoms with Crippen molar-refractivity contribution in [2.24, 2.45) is 5.92 Å². The van der Waals surface area contributed by atoms with E-state index in [-0.39, 0.29) is 0 Å². The fourth-order valence-corrected chi connectivity index (χ4v) is 3.55. The summed E-state index contributed by atoms with van der Waals surface area (Å²) in [4.78, 5) is 0.559. The van der Waals surface area contributed by atoms with Crippen LogP contribution in [0.15, 0.2) is 18.2 Å². The molecule has 0 spiro atoms. The van der Waals surface area contributed by atoms with Crippen LogP contribution < -0.4 is 0 Å². The average molecular weight is 267 g/mol. The number of aryl methyl sites for hydroxylation is 1. The maximum atomic E-state index is 3.85. The van der Waals surface area contributed by atoms with E-state index in [1.54, 1.807) is 5.56 Å². The molecule has 3 unspecified atom stereocenters. The molecule has 1 aromatic carbocycles. The van der Waals surface area contributed by atoms with E-state index < -0.39 is 0 Å². The molecule has 1 aliphatic rings. The van der Waals surface area contributed by atoms with E-state index in [0.29, 0.717) is 4.83 Å². The molecule has 2 rings (SSSR count). The number of alkyl halides is 1. The highest BCUT2D eigenvalue weighted by Gasteiger charge is 2.35. The van der Waals surface area contributed by atoms with Gasteiger partial charge in [0.15, 0.2) is 0 Å². The quantitative estimate of drug-likeness (QED) is 0.673. The summed E-state index contributed by atoms with van der Waals surface area (Å²) in [7, 11) is 0. The van der Waals surface area contributed by atoms with Gasteiger partial charge in [0.1, 0.15) is 0 Å². The molecule has 0 aromatic heterocycles. The van der Waals surface area contributed by atoms with Gasteiger partial charge in [-0.05, 0) is 41.4 Å². The minimum absolute atomic E-state index is 0.559. The van der Waals surface area contributed by atoms with Crippen LogP contribution in [0.25, 0.3) is 0 Å². The number of hydrogen-bond acceptors (Lipinski definition) is 0. The highest BCUT2D eigenvalue weighted by Crippen LogP contribution is 2.50. The average Bonchev–Trinajstić information content (AvgIpc) is 2.51. The van der Waals surface area contributed by atoms with E-state index in [0.717, 1.165) is 18.3 Å². The Labute approximate surface area is 101 Å². The maximum Gasteiger partial charge on any atom is 0.0429 e. The lowest BCUT2D eigenvalue weighted by atomic mass is 9.91. The normalized spacial score (nSPS) is 29.2. The van der Waals surface area contributed by atoms with E-state index in [2.05, 4.69) is 54.9 Å². The smallest absolute Gasteiger partial charge is 0.0429 e. The second-order valence-electron chi connectivity index (χ2n) is 4.59. The zero-order valence-corrected chi connectivity index (χ0v) is 11.3. The van der Waals surface area contributed by atoms with Crippen LogP contribution in [-0.2, 0) is 6.42 Å². The van der Waals surface area contributed by atoms with Gasteiger partial charge in [0.05, 0.1) is 0 Å². The maximum absolute atomic E-state index is 3.85. The van der Waals surface area contributed by atoms with Gasteiger partial charge in [-0.3, -0.25) is 0 Å². The van der Waals surface area contributed by atoms with E-state index in [4.69, 9.17) is 0 Å². The number of benzene rings is 1. The largest absolute Gasteiger partial charge is 0.0836 e. The van der Waals surface area contributed by atoms with Crippen LogP contribution in [0.2, 0.25) is 0 Å². The second kappa shape index (κ2) is 4.29. The zero-order chi connectivity index (χ0) is 11.0. The van der Waals surface area contributed by atoms with Crippen molar-refractivity contribution in [2.45, 2.75) is 44.4 Å². The minimum Gasteiger partial charge on any atom is -0.0836 e. The number of hydrogen-bond donors (Lipinski definition) is 0. The lowest BCUT2D eigenvalue weighted by molar-refractivity contribution is 0.484. The lowest BCUT2D eigenvalue weighted by Gasteiger charge is -2.15. The monoisotopic (exact) mass is 266 g/mol. The summed E-state index contributed by atoms with van der Waals surface area (Å²) < 4.78 is 0. The van der Waals surface area contributed by atoms with Gasteiger partial charge in [0.2, 0.25) is 0 Å². The highest BCUT2D eigenvalue weighted by molar-refractivity contribution is 9.09. The van der Waals surface area contributed by atoms with Gasteiger partial charge < -0.3 is 0 Å². The predicted octanol–water partition coefficient (Wildman–Crippen LogP) is 4.83. The molecule has 0 N–H and O–H groups in total. The standard InChI is InChI=1S/C14H19Br/c1-4-10-6-7-12-11(5-2)9(3)14(15)13(12)8-10/h6-9,11,14H,4-5H2,1-3H3. The Hall–Kier alpha value is -0.300. The van der Waals surface area contributed by atoms with E-state index >= 15 is 0 Å². The third-order valence-electron chi connectivity index (χ3n) is 3.79. The van der Waals surface area contributed by atoms with Crippen molar-refractivity contribution < 1.29 is 0 Å². The predicted molar refractivity (Wildman–Crippen MR) is 69.7 cm³/mol. The van der Waals surface area contributed by atoms with Gasteiger partial charge in [0.25, 0.3) is 0 Å². The molecule has 0 saturated carbocycles. The number of rotatable bonds is 2. The molecule has 1 aromatic rings. The zero-order valence-electron chi connectivity index (χ0n) is 9.76. The topological polar surface area (TPSA) is 0 Å². The number of halogens is 1. The second-order valence-corrected chi connectivity index (χ2v) is 5.58. The molecule has 1 aliphatic carbocycles. The Kier molecular flexibility index (Phi) is 3.20. The summed E-state index contributed by atoms with van der Waals surface area (Å²) in [6.45, 7) is 6.88. The molecule has 15 heavy (non-hydrogen) atoms. The molecule has 0 bridgehead atoms. The van der Waals surface area contributed by atoms with Crippen molar-refractivity contribution >= 4 is 15.9 Å². The molecule has 3 atom stereocenters. The molecule has 0 nitrogen and oxygen atoms in total. The fourth-order valence-electron chi connectivity index (χ4n) is 2.78. The summed E-state index contributed by atoms with van der Waals surface area (Å²) in [5, 5.41) is 0. The number of fused-ring (bicyclic) bond motifs is 1. The van der Waals surface area contributed by atoms with Gasteiger partial charge in [-0.2, -0.15) is 0 Å². The van der Waals surface area contributed by atoms with Crippen LogP contribution in [-0.4, -0.2) is 0 Å². The first kappa shape index (κ1) is 11.2. The van der Waals surface area contributed by atoms with Crippen LogP contribution in [0.4, 0.5) is 0 Å². The Bertz CT molecular complexity index is 356. The van der Waals surface area contributed by atoms with Gasteiger partial charge in [-0.15, -0.1) is 0 Å². The molecule has 0 heterocycles. The molecule has 0 aliphatic heterocycles. The highest BCUT2D eigenvalue weighted by atomic mass is 79.9. The lowest BCUT2D eigenvalue weighted by Crippen LogP contribution is -2.03. The molecule has 1 heteroatoms. The SMILES string of the molecule is CCc1ccc2c(c1)C(Br)C(C)C2CC. The van der Waals surface area contributed by atoms with Crippen molar-refractivity contribution in [3.8, 4) is 0 Å². The molecule has 0 amide bonds. The van der Waals surface area contributed by atoms with Crippen LogP contribution in [0.3, 0.4) is 0 Å². The third kappa shape index (κ3) is 1.75. The van der Waals surface area contributed by atoms with E-state index in [1.807, 2.05) is 0 Å². The van der Waals surface area contributed by atoms with Crippen LogP contribution in [0.5, 0.6) is 0 Å². The summed E-state index contributed by atoms with van der Waals surface area (Å²) in [6.07, 6.45) is 2.39. The van der Waals surface area contributed by atoms with Crippen LogP contribution in [0.1, 0.15) is 54.6 Å². The molecule has 0 radical (unpaired) electrons. The Morgan fingerprint density at radius 3 is 2.53 bits per heavy atom. The van der Waals surface area contributed by atoms with E-state index in [1.165, 1.54) is 17.5 Å². The van der Waals surface area contributed by atoms with Gasteiger partial charge in [-0.1, -0.05) is 54.9 Å². The molecular formula is C14H19Br. The third-order valence-corrected chi connectivity index (χ3v) is 5.12. The first-order valence-electron chi connectivity index (χ1n) is 5.95. The van der Waals surface area contributed by atoms with Crippen LogP contribution in [0, 0.1) is 5.92 Å². The summed E-state index contributed by atoms with van der Waals surface area (Å²) >= 11 is 3.85. The van der Waals surface area contributed by atoms with Gasteiger partial charge in [0, 0.05) is 4.83 Å². The first-order chi connectivity index (χ1) is 7.19.